The van der Waals surface area contributed by atoms with E-state index < -0.39 is 0 Å². The van der Waals surface area contributed by atoms with Crippen LogP contribution in [0.4, 0.5) is 0 Å². The number of nitrogens with two attached hydrogens (primary N) is 1. The maximum Gasteiger partial charge on any atom is 0.129 e. The summed E-state index contributed by atoms with van der Waals surface area (Å²) < 4.78 is 0. The summed E-state index contributed by atoms with van der Waals surface area (Å²) in [5.41, 5.74) is 9.14. The summed E-state index contributed by atoms with van der Waals surface area (Å²) in [5.74, 6) is 0.145. The van der Waals surface area contributed by atoms with E-state index in [4.69, 9.17) is 17.3 Å². The molecule has 5 heteroatoms. The minimum absolute atomic E-state index is 0.287. The van der Waals surface area contributed by atoms with Crippen molar-refractivity contribution in [2.75, 3.05) is 7.05 Å². The highest BCUT2D eigenvalue weighted by atomic mass is 35.5. The van der Waals surface area contributed by atoms with E-state index in [1.807, 2.05) is 24.3 Å². The number of halogens is 1. The molecule has 4 nitrogen and oxygen atoms in total. The van der Waals surface area contributed by atoms with Crippen LogP contribution in [0.1, 0.15) is 31.2 Å². The number of aliphatic imine (C=N–C) groups is 1. The van der Waals surface area contributed by atoms with Gasteiger partial charge in [-0.3, -0.25) is 0 Å². The molecule has 1 aromatic rings. The fourth-order valence-electron chi connectivity index (χ4n) is 2.64. The molecule has 1 heterocycles. The van der Waals surface area contributed by atoms with Crippen LogP contribution in [0.5, 0.6) is 0 Å². The van der Waals surface area contributed by atoms with E-state index in [0.717, 1.165) is 29.7 Å². The maximum atomic E-state index is 9.67. The van der Waals surface area contributed by atoms with Gasteiger partial charge in [0.25, 0.3) is 0 Å². The minimum atomic E-state index is -0.287. The van der Waals surface area contributed by atoms with Gasteiger partial charge in [-0.25, -0.2) is 4.99 Å². The summed E-state index contributed by atoms with van der Waals surface area (Å²) in [4.78, 5) is 4.43. The molecular weight excluding hydrogens is 296 g/mol. The zero-order chi connectivity index (χ0) is 16.1. The van der Waals surface area contributed by atoms with Gasteiger partial charge in [0.1, 0.15) is 5.84 Å². The third-order valence-electron chi connectivity index (χ3n) is 3.59. The number of hydrogen-bond acceptors (Lipinski definition) is 4. The van der Waals surface area contributed by atoms with E-state index in [0.29, 0.717) is 16.4 Å². The van der Waals surface area contributed by atoms with Crippen molar-refractivity contribution in [2.24, 2.45) is 10.7 Å². The zero-order valence-corrected chi connectivity index (χ0v) is 13.5. The van der Waals surface area contributed by atoms with E-state index in [-0.39, 0.29) is 5.92 Å². The molecular formula is C17H19ClN4. The highest BCUT2D eigenvalue weighted by Gasteiger charge is 2.31. The summed E-state index contributed by atoms with van der Waals surface area (Å²) in [5, 5.41) is 13.3. The molecule has 0 spiro atoms. The largest absolute Gasteiger partial charge is 0.394 e. The Bertz CT molecular complexity index is 695. The zero-order valence-electron chi connectivity index (χ0n) is 12.7. The highest BCUT2D eigenvalue weighted by molar-refractivity contribution is 6.31. The van der Waals surface area contributed by atoms with Crippen LogP contribution in [0.2, 0.25) is 5.02 Å². The fourth-order valence-corrected chi connectivity index (χ4v) is 2.89. The highest BCUT2D eigenvalue weighted by Crippen LogP contribution is 2.40. The van der Waals surface area contributed by atoms with Crippen LogP contribution in [0.15, 0.2) is 52.3 Å². The molecule has 0 saturated carbocycles. The molecule has 0 fully saturated rings. The summed E-state index contributed by atoms with van der Waals surface area (Å²) in [7, 11) is 1.79. The van der Waals surface area contributed by atoms with Gasteiger partial charge in [0.15, 0.2) is 0 Å². The third-order valence-corrected chi connectivity index (χ3v) is 3.93. The second kappa shape index (κ2) is 7.15. The lowest BCUT2D eigenvalue weighted by atomic mass is 9.81. The summed E-state index contributed by atoms with van der Waals surface area (Å²) in [6.45, 7) is 2.05. The van der Waals surface area contributed by atoms with Gasteiger partial charge in [0, 0.05) is 23.8 Å². The van der Waals surface area contributed by atoms with Crippen molar-refractivity contribution in [3.05, 3.63) is 57.9 Å². The number of benzene rings is 1. The van der Waals surface area contributed by atoms with Crippen LogP contribution in [-0.4, -0.2) is 12.9 Å². The molecule has 22 heavy (non-hydrogen) atoms. The number of amidine groups is 1. The van der Waals surface area contributed by atoms with Crippen LogP contribution < -0.4 is 11.1 Å². The number of nitriles is 1. The smallest absolute Gasteiger partial charge is 0.129 e. The lowest BCUT2D eigenvalue weighted by molar-refractivity contribution is 0.833. The van der Waals surface area contributed by atoms with Gasteiger partial charge >= 0.3 is 0 Å². The van der Waals surface area contributed by atoms with Crippen molar-refractivity contribution < 1.29 is 0 Å². The average molecular weight is 315 g/mol. The van der Waals surface area contributed by atoms with Gasteiger partial charge in [-0.15, -0.1) is 0 Å². The van der Waals surface area contributed by atoms with E-state index >= 15 is 0 Å². The predicted octanol–water partition coefficient (Wildman–Crippen LogP) is 3.48. The molecule has 1 aliphatic rings. The Morgan fingerprint density at radius 3 is 2.77 bits per heavy atom. The van der Waals surface area contributed by atoms with Gasteiger partial charge in [-0.05, 0) is 18.1 Å². The van der Waals surface area contributed by atoms with Crippen molar-refractivity contribution >= 4 is 17.4 Å². The van der Waals surface area contributed by atoms with Gasteiger partial charge in [0.05, 0.1) is 23.3 Å². The Morgan fingerprint density at radius 1 is 1.45 bits per heavy atom. The molecule has 1 aliphatic heterocycles. The van der Waals surface area contributed by atoms with Crippen LogP contribution in [0, 0.1) is 11.3 Å². The standard InChI is InChI=1S/C17H19ClN4/c1-3-6-15-12(9-19)16(11-7-4-5-8-14(11)18)13(10-21-2)17(20)22-15/h4-5,7-8,10,16,21H,3,6H2,1-2H3,(H2,20,22)/b13-10-. The molecule has 0 saturated heterocycles. The lowest BCUT2D eigenvalue weighted by Gasteiger charge is -2.26. The van der Waals surface area contributed by atoms with E-state index in [1.165, 1.54) is 0 Å². The Kier molecular flexibility index (Phi) is 5.24. The molecule has 3 N–H and O–H groups in total. The molecule has 2 rings (SSSR count). The first-order chi connectivity index (χ1) is 10.6. The average Bonchev–Trinajstić information content (AvgIpc) is 2.51. The molecule has 0 bridgehead atoms. The van der Waals surface area contributed by atoms with Gasteiger partial charge < -0.3 is 11.1 Å². The van der Waals surface area contributed by atoms with E-state index in [9.17, 15) is 5.26 Å². The second-order valence-electron chi connectivity index (χ2n) is 5.06. The van der Waals surface area contributed by atoms with Crippen molar-refractivity contribution in [1.29, 1.82) is 5.26 Å². The van der Waals surface area contributed by atoms with Gasteiger partial charge in [0.2, 0.25) is 0 Å². The number of allylic oxidation sites excluding steroid dienone is 2. The molecule has 1 unspecified atom stereocenters. The second-order valence-corrected chi connectivity index (χ2v) is 5.47. The Labute approximate surface area is 136 Å². The van der Waals surface area contributed by atoms with Crippen molar-refractivity contribution in [1.82, 2.24) is 5.32 Å². The van der Waals surface area contributed by atoms with Crippen LogP contribution >= 0.6 is 11.6 Å². The lowest BCUT2D eigenvalue weighted by Crippen LogP contribution is -2.27. The first-order valence-corrected chi connectivity index (χ1v) is 7.61. The van der Waals surface area contributed by atoms with E-state index in [2.05, 4.69) is 23.3 Å². The first kappa shape index (κ1) is 16.1. The third kappa shape index (κ3) is 3.00. The number of nitrogens with zero attached hydrogens (tertiary/aromatic N) is 2. The van der Waals surface area contributed by atoms with Crippen LogP contribution in [0.25, 0.3) is 0 Å². The molecule has 0 aromatic heterocycles. The normalized spacial score (nSPS) is 19.8. The number of nitrogens with one attached hydrogen (secondary N) is 1. The van der Waals surface area contributed by atoms with Gasteiger partial charge in [-0.1, -0.05) is 43.1 Å². The fraction of sp³-hybridized carbons (Fsp3) is 0.294. The monoisotopic (exact) mass is 314 g/mol. The Morgan fingerprint density at radius 2 is 2.18 bits per heavy atom. The molecule has 114 valence electrons. The van der Waals surface area contributed by atoms with E-state index in [1.54, 1.807) is 13.2 Å². The van der Waals surface area contributed by atoms with Crippen LogP contribution in [0.3, 0.4) is 0 Å². The van der Waals surface area contributed by atoms with Crippen molar-refractivity contribution in [2.45, 2.75) is 25.7 Å². The van der Waals surface area contributed by atoms with Gasteiger partial charge in [-0.2, -0.15) is 5.26 Å². The topological polar surface area (TPSA) is 74.2 Å². The SMILES string of the molecule is CCCC1=C(C#N)C(c2ccccc2Cl)/C(=C/NC)C(N)=N1. The molecule has 1 atom stereocenters. The Balaban J connectivity index is 2.68. The van der Waals surface area contributed by atoms with Crippen molar-refractivity contribution in [3.8, 4) is 6.07 Å². The first-order valence-electron chi connectivity index (χ1n) is 7.23. The maximum absolute atomic E-state index is 9.67. The van der Waals surface area contributed by atoms with Crippen molar-refractivity contribution in [3.63, 3.8) is 0 Å². The summed E-state index contributed by atoms with van der Waals surface area (Å²) in [6, 6.07) is 9.85. The molecule has 0 radical (unpaired) electrons. The van der Waals surface area contributed by atoms with Crippen LogP contribution in [-0.2, 0) is 0 Å². The quantitative estimate of drug-likeness (QED) is 0.893. The molecule has 1 aromatic carbocycles. The Hall–Kier alpha value is -2.25. The summed E-state index contributed by atoms with van der Waals surface area (Å²) in [6.07, 6.45) is 3.40. The molecule has 0 aliphatic carbocycles. The number of rotatable bonds is 4. The summed E-state index contributed by atoms with van der Waals surface area (Å²) >= 11 is 6.36. The number of hydrogen-bond donors (Lipinski definition) is 2. The molecule has 0 amide bonds. The minimum Gasteiger partial charge on any atom is -0.394 e. The predicted molar refractivity (Wildman–Crippen MR) is 90.5 cm³/mol.